The van der Waals surface area contributed by atoms with E-state index in [0.717, 1.165) is 22.8 Å². The van der Waals surface area contributed by atoms with Gasteiger partial charge in [0.25, 0.3) is 0 Å². The second-order valence-electron chi connectivity index (χ2n) is 5.86. The minimum Gasteiger partial charge on any atom is -0.497 e. The molecule has 0 fully saturated rings. The fraction of sp³-hybridized carbons (Fsp3) is 0.316. The van der Waals surface area contributed by atoms with Gasteiger partial charge < -0.3 is 19.9 Å². The first-order valence-electron chi connectivity index (χ1n) is 7.86. The molecule has 0 aliphatic carbocycles. The van der Waals surface area contributed by atoms with Crippen molar-refractivity contribution in [1.29, 1.82) is 0 Å². The van der Waals surface area contributed by atoms with E-state index in [-0.39, 0.29) is 5.92 Å². The summed E-state index contributed by atoms with van der Waals surface area (Å²) >= 11 is 0. The van der Waals surface area contributed by atoms with E-state index in [4.69, 9.17) is 9.47 Å². The third-order valence-corrected chi connectivity index (χ3v) is 3.68. The highest BCUT2D eigenvalue weighted by Crippen LogP contribution is 2.24. The Labute approximate surface area is 142 Å². The molecule has 24 heavy (non-hydrogen) atoms. The van der Waals surface area contributed by atoms with Crippen LogP contribution in [0, 0.1) is 5.92 Å². The number of carbonyl (C=O) groups is 1. The van der Waals surface area contributed by atoms with E-state index in [1.165, 1.54) is 0 Å². The summed E-state index contributed by atoms with van der Waals surface area (Å²) in [5.74, 6) is 1.43. The lowest BCUT2D eigenvalue weighted by atomic mass is 10.0. The average molecular weight is 329 g/mol. The summed E-state index contributed by atoms with van der Waals surface area (Å²) < 4.78 is 10.9. The van der Waals surface area contributed by atoms with Crippen LogP contribution in [-0.4, -0.2) is 24.2 Å². The van der Waals surface area contributed by atoms with Crippen molar-refractivity contribution >= 4 is 5.97 Å². The van der Waals surface area contributed by atoms with Crippen LogP contribution in [0.2, 0.25) is 0 Å². The highest BCUT2D eigenvalue weighted by molar-refractivity contribution is 5.73. The summed E-state index contributed by atoms with van der Waals surface area (Å²) in [7, 11) is 1.62. The molecule has 0 amide bonds. The van der Waals surface area contributed by atoms with Gasteiger partial charge in [0, 0.05) is 6.54 Å². The first-order chi connectivity index (χ1) is 11.5. The summed E-state index contributed by atoms with van der Waals surface area (Å²) in [5, 5.41) is 12.2. The van der Waals surface area contributed by atoms with E-state index in [9.17, 15) is 9.90 Å². The molecule has 5 heteroatoms. The van der Waals surface area contributed by atoms with Crippen LogP contribution in [-0.2, 0) is 11.3 Å². The second-order valence-corrected chi connectivity index (χ2v) is 5.86. The number of hydrogen-bond acceptors (Lipinski definition) is 4. The van der Waals surface area contributed by atoms with Crippen LogP contribution in [0.3, 0.4) is 0 Å². The Balaban J connectivity index is 1.93. The minimum atomic E-state index is -0.829. The fourth-order valence-electron chi connectivity index (χ4n) is 2.29. The number of benzene rings is 2. The third kappa shape index (κ3) is 4.99. The molecule has 2 aromatic carbocycles. The van der Waals surface area contributed by atoms with Crippen LogP contribution in [0.15, 0.2) is 48.5 Å². The van der Waals surface area contributed by atoms with Gasteiger partial charge in [-0.25, -0.2) is 0 Å². The molecule has 1 atom stereocenters. The van der Waals surface area contributed by atoms with Gasteiger partial charge in [0.2, 0.25) is 0 Å². The number of rotatable bonds is 8. The van der Waals surface area contributed by atoms with Crippen molar-refractivity contribution in [3.05, 3.63) is 54.1 Å². The number of carboxylic acid groups (broad SMARTS) is 1. The summed E-state index contributed by atoms with van der Waals surface area (Å²) in [6.07, 6.45) is 0. The molecule has 0 spiro atoms. The number of methoxy groups -OCH3 is 1. The van der Waals surface area contributed by atoms with Crippen molar-refractivity contribution in [3.63, 3.8) is 0 Å². The van der Waals surface area contributed by atoms with Gasteiger partial charge in [-0.15, -0.1) is 0 Å². The van der Waals surface area contributed by atoms with Gasteiger partial charge in [-0.1, -0.05) is 26.0 Å². The van der Waals surface area contributed by atoms with Crippen molar-refractivity contribution < 1.29 is 19.4 Å². The van der Waals surface area contributed by atoms with E-state index < -0.39 is 12.0 Å². The lowest BCUT2D eigenvalue weighted by Crippen LogP contribution is -2.40. The first-order valence-corrected chi connectivity index (χ1v) is 7.86. The van der Waals surface area contributed by atoms with E-state index in [0.29, 0.717) is 6.54 Å². The van der Waals surface area contributed by atoms with Gasteiger partial charge >= 0.3 is 5.97 Å². The van der Waals surface area contributed by atoms with Crippen molar-refractivity contribution in [1.82, 2.24) is 5.32 Å². The van der Waals surface area contributed by atoms with Crippen LogP contribution in [0.25, 0.3) is 0 Å². The maximum atomic E-state index is 11.2. The molecule has 0 aromatic heterocycles. The predicted molar refractivity (Wildman–Crippen MR) is 92.6 cm³/mol. The molecule has 0 aliphatic heterocycles. The Bertz CT molecular complexity index is 650. The molecule has 0 unspecified atom stereocenters. The molecule has 0 radical (unpaired) electrons. The molecule has 0 saturated carbocycles. The van der Waals surface area contributed by atoms with Gasteiger partial charge in [0.1, 0.15) is 23.3 Å². The van der Waals surface area contributed by atoms with Crippen molar-refractivity contribution in [2.75, 3.05) is 7.11 Å². The number of ether oxygens (including phenoxy) is 2. The molecule has 2 N–H and O–H groups in total. The van der Waals surface area contributed by atoms with Crippen molar-refractivity contribution in [3.8, 4) is 17.2 Å². The molecule has 0 saturated heterocycles. The Morgan fingerprint density at radius 3 is 1.96 bits per heavy atom. The van der Waals surface area contributed by atoms with E-state index in [1.54, 1.807) is 7.11 Å². The van der Waals surface area contributed by atoms with Gasteiger partial charge in [-0.3, -0.25) is 4.79 Å². The second kappa shape index (κ2) is 8.36. The highest BCUT2D eigenvalue weighted by atomic mass is 16.5. The summed E-state index contributed by atoms with van der Waals surface area (Å²) in [6.45, 7) is 4.27. The SMILES string of the molecule is COc1ccc(Oc2ccc(CN[C@H](C(=O)O)C(C)C)cc2)cc1. The lowest BCUT2D eigenvalue weighted by molar-refractivity contribution is -0.140. The molecule has 2 rings (SSSR count). The quantitative estimate of drug-likeness (QED) is 0.773. The Morgan fingerprint density at radius 1 is 1.00 bits per heavy atom. The lowest BCUT2D eigenvalue weighted by Gasteiger charge is -2.18. The zero-order valence-electron chi connectivity index (χ0n) is 14.2. The van der Waals surface area contributed by atoms with E-state index in [2.05, 4.69) is 5.32 Å². The largest absolute Gasteiger partial charge is 0.497 e. The molecule has 5 nitrogen and oxygen atoms in total. The standard InChI is InChI=1S/C19H23NO4/c1-13(2)18(19(21)22)20-12-14-4-6-16(7-5-14)24-17-10-8-15(23-3)9-11-17/h4-11,13,18,20H,12H2,1-3H3,(H,21,22)/t18-/m0/s1. The van der Waals surface area contributed by atoms with Crippen LogP contribution in [0.4, 0.5) is 0 Å². The number of aliphatic carboxylic acids is 1. The highest BCUT2D eigenvalue weighted by Gasteiger charge is 2.20. The molecule has 128 valence electrons. The molecule has 0 heterocycles. The summed E-state index contributed by atoms with van der Waals surface area (Å²) in [5.41, 5.74) is 1.00. The van der Waals surface area contributed by atoms with Gasteiger partial charge in [0.15, 0.2) is 0 Å². The van der Waals surface area contributed by atoms with Gasteiger partial charge in [-0.05, 0) is 47.9 Å². The molecule has 2 aromatic rings. The Kier molecular flexibility index (Phi) is 6.21. The maximum absolute atomic E-state index is 11.2. The number of hydrogen-bond donors (Lipinski definition) is 2. The minimum absolute atomic E-state index is 0.0279. The molecule has 0 aliphatic rings. The average Bonchev–Trinajstić information content (AvgIpc) is 2.56. The maximum Gasteiger partial charge on any atom is 0.320 e. The van der Waals surface area contributed by atoms with Crippen molar-refractivity contribution in [2.45, 2.75) is 26.4 Å². The molecular weight excluding hydrogens is 306 g/mol. The summed E-state index contributed by atoms with van der Waals surface area (Å²) in [6, 6.07) is 14.4. The molecule has 0 bridgehead atoms. The van der Waals surface area contributed by atoms with Gasteiger partial charge in [0.05, 0.1) is 7.11 Å². The topological polar surface area (TPSA) is 67.8 Å². The summed E-state index contributed by atoms with van der Waals surface area (Å²) in [4.78, 5) is 11.2. The van der Waals surface area contributed by atoms with Crippen LogP contribution >= 0.6 is 0 Å². The Morgan fingerprint density at radius 2 is 1.50 bits per heavy atom. The van der Waals surface area contributed by atoms with Crippen LogP contribution in [0.5, 0.6) is 17.2 Å². The monoisotopic (exact) mass is 329 g/mol. The zero-order chi connectivity index (χ0) is 17.5. The predicted octanol–water partition coefficient (Wildman–Crippen LogP) is 3.69. The van der Waals surface area contributed by atoms with Crippen LogP contribution < -0.4 is 14.8 Å². The molecular formula is C19H23NO4. The third-order valence-electron chi connectivity index (χ3n) is 3.68. The van der Waals surface area contributed by atoms with Crippen molar-refractivity contribution in [2.24, 2.45) is 5.92 Å². The number of carboxylic acids is 1. The van der Waals surface area contributed by atoms with Gasteiger partial charge in [-0.2, -0.15) is 0 Å². The van der Waals surface area contributed by atoms with E-state index >= 15 is 0 Å². The van der Waals surface area contributed by atoms with E-state index in [1.807, 2.05) is 62.4 Å². The Hall–Kier alpha value is -2.53. The fourth-order valence-corrected chi connectivity index (χ4v) is 2.29. The first kappa shape index (κ1) is 17.8. The van der Waals surface area contributed by atoms with Crippen LogP contribution in [0.1, 0.15) is 19.4 Å². The zero-order valence-corrected chi connectivity index (χ0v) is 14.2. The normalized spacial score (nSPS) is 12.0. The number of nitrogens with one attached hydrogen (secondary N) is 1. The smallest absolute Gasteiger partial charge is 0.320 e.